The Morgan fingerprint density at radius 2 is 1.90 bits per heavy atom. The summed E-state index contributed by atoms with van der Waals surface area (Å²) >= 11 is 1.49. The lowest BCUT2D eigenvalue weighted by Crippen LogP contribution is -2.44. The number of ether oxygens (including phenoxy) is 1. The lowest BCUT2D eigenvalue weighted by molar-refractivity contribution is -0.119. The zero-order chi connectivity index (χ0) is 22.4. The van der Waals surface area contributed by atoms with Gasteiger partial charge in [-0.3, -0.25) is 14.3 Å². The van der Waals surface area contributed by atoms with Crippen LogP contribution in [0.4, 0.5) is 11.4 Å². The summed E-state index contributed by atoms with van der Waals surface area (Å²) in [6.45, 7) is 1.78. The minimum atomic E-state index is -3.46. The van der Waals surface area contributed by atoms with Crippen LogP contribution in [0.2, 0.25) is 0 Å². The highest BCUT2D eigenvalue weighted by Gasteiger charge is 2.35. The average molecular weight is 464 g/mol. The molecule has 1 heterocycles. The second-order valence-corrected chi connectivity index (χ2v) is 9.85. The maximum Gasteiger partial charge on any atom is 0.255 e. The Morgan fingerprint density at radius 1 is 1.16 bits per heavy atom. The van der Waals surface area contributed by atoms with Gasteiger partial charge in [-0.2, -0.15) is 0 Å². The Morgan fingerprint density at radius 3 is 2.58 bits per heavy atom. The summed E-state index contributed by atoms with van der Waals surface area (Å²) < 4.78 is 31.6. The largest absolute Gasteiger partial charge is 0.497 e. The number of benzene rings is 2. The van der Waals surface area contributed by atoms with Crippen molar-refractivity contribution in [3.63, 3.8) is 0 Å². The van der Waals surface area contributed by atoms with Crippen molar-refractivity contribution in [3.8, 4) is 5.75 Å². The second kappa shape index (κ2) is 10.1. The lowest BCUT2D eigenvalue weighted by atomic mass is 10.1. The molecule has 2 aromatic rings. The van der Waals surface area contributed by atoms with E-state index in [1.807, 2.05) is 0 Å². The van der Waals surface area contributed by atoms with Crippen LogP contribution >= 0.6 is 11.8 Å². The van der Waals surface area contributed by atoms with Crippen molar-refractivity contribution in [2.75, 3.05) is 34.5 Å². The van der Waals surface area contributed by atoms with Crippen LogP contribution < -0.4 is 14.8 Å². The second-order valence-electron chi connectivity index (χ2n) is 7.01. The van der Waals surface area contributed by atoms with Crippen molar-refractivity contribution in [2.45, 2.75) is 19.4 Å². The third-order valence-corrected chi connectivity index (χ3v) is 7.16. The normalized spacial score (nSPS) is 16.1. The van der Waals surface area contributed by atoms with Crippen molar-refractivity contribution < 1.29 is 22.7 Å². The molecule has 0 radical (unpaired) electrons. The average Bonchev–Trinajstić information content (AvgIpc) is 3.23. The molecule has 1 unspecified atom stereocenters. The number of thioether (sulfide) groups is 1. The number of sulfonamides is 1. The van der Waals surface area contributed by atoms with E-state index in [4.69, 9.17) is 4.74 Å². The van der Waals surface area contributed by atoms with Crippen molar-refractivity contribution in [3.05, 3.63) is 54.1 Å². The van der Waals surface area contributed by atoms with Gasteiger partial charge in [0, 0.05) is 22.7 Å². The highest BCUT2D eigenvalue weighted by Crippen LogP contribution is 2.26. The third kappa shape index (κ3) is 5.92. The molecule has 1 aliphatic rings. The molecule has 0 spiro atoms. The zero-order valence-corrected chi connectivity index (χ0v) is 19.0. The fraction of sp³-hybridized carbons (Fsp3) is 0.333. The van der Waals surface area contributed by atoms with Gasteiger partial charge < -0.3 is 15.0 Å². The summed E-state index contributed by atoms with van der Waals surface area (Å²) in [5.41, 5.74) is 1.26. The molecule has 0 aromatic heterocycles. The van der Waals surface area contributed by atoms with Crippen LogP contribution in [-0.4, -0.2) is 55.7 Å². The predicted octanol–water partition coefficient (Wildman–Crippen LogP) is 3.00. The summed E-state index contributed by atoms with van der Waals surface area (Å²) in [5.74, 6) is 0.948. The number of anilines is 2. The first kappa shape index (κ1) is 23.0. The molecule has 1 aliphatic heterocycles. The van der Waals surface area contributed by atoms with Gasteiger partial charge in [0.25, 0.3) is 5.91 Å². The fourth-order valence-corrected chi connectivity index (χ4v) is 5.42. The van der Waals surface area contributed by atoms with Gasteiger partial charge in [-0.05, 0) is 48.9 Å². The number of amides is 2. The summed E-state index contributed by atoms with van der Waals surface area (Å²) in [7, 11) is -1.90. The van der Waals surface area contributed by atoms with Gasteiger partial charge in [-0.15, -0.1) is 11.8 Å². The summed E-state index contributed by atoms with van der Waals surface area (Å²) in [6, 6.07) is 12.6. The molecule has 3 rings (SSSR count). The van der Waals surface area contributed by atoms with Crippen LogP contribution in [0.15, 0.2) is 48.5 Å². The summed E-state index contributed by atoms with van der Waals surface area (Å²) in [4.78, 5) is 27.4. The monoisotopic (exact) mass is 463 g/mol. The smallest absolute Gasteiger partial charge is 0.255 e. The summed E-state index contributed by atoms with van der Waals surface area (Å²) in [5, 5.41) is 2.83. The number of carbonyl (C=O) groups excluding carboxylic acids is 2. The van der Waals surface area contributed by atoms with E-state index in [0.717, 1.165) is 0 Å². The first-order chi connectivity index (χ1) is 14.8. The molecular weight excluding hydrogens is 438 g/mol. The Hall–Kier alpha value is -2.72. The van der Waals surface area contributed by atoms with Gasteiger partial charge >= 0.3 is 0 Å². The lowest BCUT2D eigenvalue weighted by Gasteiger charge is -2.23. The molecule has 8 nitrogen and oxygen atoms in total. The molecular formula is C21H25N3O5S2. The van der Waals surface area contributed by atoms with E-state index in [-0.39, 0.29) is 17.6 Å². The number of nitrogens with one attached hydrogen (secondary N) is 2. The zero-order valence-electron chi connectivity index (χ0n) is 17.3. The van der Waals surface area contributed by atoms with Gasteiger partial charge in [0.1, 0.15) is 11.8 Å². The molecule has 31 heavy (non-hydrogen) atoms. The third-order valence-electron chi connectivity index (χ3n) is 4.66. The van der Waals surface area contributed by atoms with Crippen molar-refractivity contribution >= 4 is 45.0 Å². The molecule has 2 amide bonds. The number of nitrogens with zero attached hydrogens (tertiary/aromatic N) is 1. The van der Waals surface area contributed by atoms with E-state index >= 15 is 0 Å². The Balaban J connectivity index is 1.71. The minimum Gasteiger partial charge on any atom is -0.497 e. The molecule has 2 N–H and O–H groups in total. The van der Waals surface area contributed by atoms with E-state index in [9.17, 15) is 18.0 Å². The van der Waals surface area contributed by atoms with E-state index in [1.54, 1.807) is 56.5 Å². The van der Waals surface area contributed by atoms with Crippen molar-refractivity contribution in [1.82, 2.24) is 4.90 Å². The van der Waals surface area contributed by atoms with Crippen LogP contribution in [-0.2, 0) is 14.8 Å². The topological polar surface area (TPSA) is 105 Å². The molecule has 1 fully saturated rings. The molecule has 10 heteroatoms. The van der Waals surface area contributed by atoms with E-state index in [1.165, 1.54) is 22.7 Å². The van der Waals surface area contributed by atoms with Crippen molar-refractivity contribution in [1.29, 1.82) is 0 Å². The maximum atomic E-state index is 13.1. The number of carbonyl (C=O) groups is 2. The van der Waals surface area contributed by atoms with E-state index in [2.05, 4.69) is 10.0 Å². The molecule has 0 saturated carbocycles. The van der Waals surface area contributed by atoms with Crippen LogP contribution in [0.25, 0.3) is 0 Å². The minimum absolute atomic E-state index is 0.00153. The Bertz CT molecular complexity index is 1040. The predicted molar refractivity (Wildman–Crippen MR) is 123 cm³/mol. The number of hydrogen-bond acceptors (Lipinski definition) is 6. The van der Waals surface area contributed by atoms with Gasteiger partial charge in [0.05, 0.1) is 18.7 Å². The van der Waals surface area contributed by atoms with Crippen LogP contribution in [0.3, 0.4) is 0 Å². The molecule has 166 valence electrons. The van der Waals surface area contributed by atoms with Gasteiger partial charge in [0.15, 0.2) is 0 Å². The number of rotatable bonds is 8. The maximum absolute atomic E-state index is 13.1. The SMILES string of the molecule is CCCS(=O)(=O)Nc1cccc(C(=O)N2CSCC2C(=O)Nc2ccc(OC)cc2)c1. The van der Waals surface area contributed by atoms with E-state index < -0.39 is 16.1 Å². The first-order valence-electron chi connectivity index (χ1n) is 9.77. The van der Waals surface area contributed by atoms with Gasteiger partial charge in [0.2, 0.25) is 15.9 Å². The fourth-order valence-electron chi connectivity index (χ4n) is 3.14. The Labute approximate surface area is 186 Å². The van der Waals surface area contributed by atoms with Crippen LogP contribution in [0, 0.1) is 0 Å². The molecule has 0 bridgehead atoms. The number of hydrogen-bond donors (Lipinski definition) is 2. The molecule has 1 saturated heterocycles. The highest BCUT2D eigenvalue weighted by atomic mass is 32.2. The van der Waals surface area contributed by atoms with Crippen LogP contribution in [0.5, 0.6) is 5.75 Å². The van der Waals surface area contributed by atoms with Crippen LogP contribution in [0.1, 0.15) is 23.7 Å². The Kier molecular flexibility index (Phi) is 7.45. The molecule has 0 aliphatic carbocycles. The van der Waals surface area contributed by atoms with Gasteiger partial charge in [-0.1, -0.05) is 13.0 Å². The standard InChI is InChI=1S/C21H25N3O5S2/c1-3-11-31(27,28)23-17-6-4-5-15(12-17)21(26)24-14-30-13-19(24)20(25)22-16-7-9-18(29-2)10-8-16/h4-10,12,19,23H,3,11,13-14H2,1-2H3,(H,22,25). The highest BCUT2D eigenvalue weighted by molar-refractivity contribution is 7.99. The van der Waals surface area contributed by atoms with E-state index in [0.29, 0.717) is 40.7 Å². The van der Waals surface area contributed by atoms with Crippen molar-refractivity contribution in [2.24, 2.45) is 0 Å². The number of methoxy groups -OCH3 is 1. The molecule has 2 aromatic carbocycles. The quantitative estimate of drug-likeness (QED) is 0.624. The molecule has 1 atom stereocenters. The first-order valence-corrected chi connectivity index (χ1v) is 12.6. The van der Waals surface area contributed by atoms with Gasteiger partial charge in [-0.25, -0.2) is 8.42 Å². The summed E-state index contributed by atoms with van der Waals surface area (Å²) in [6.07, 6.45) is 0.490.